The number of hydrogen-bond acceptors (Lipinski definition) is 2. The first-order valence-corrected chi connectivity index (χ1v) is 11.3. The van der Waals surface area contributed by atoms with Crippen molar-refractivity contribution in [3.05, 3.63) is 101 Å². The Kier molecular flexibility index (Phi) is 7.80. The lowest BCUT2D eigenvalue weighted by Crippen LogP contribution is -2.19. The summed E-state index contributed by atoms with van der Waals surface area (Å²) in [6, 6.07) is 27.0. The van der Waals surface area contributed by atoms with Crippen molar-refractivity contribution in [1.29, 1.82) is 0 Å². The van der Waals surface area contributed by atoms with Gasteiger partial charge in [0.15, 0.2) is 6.79 Å². The molecule has 0 N–H and O–H groups in total. The Balaban J connectivity index is 1.21. The number of ether oxygens (including phenoxy) is 2. The highest BCUT2D eigenvalue weighted by atomic mass is 16.7. The van der Waals surface area contributed by atoms with Crippen LogP contribution in [0.3, 0.4) is 0 Å². The van der Waals surface area contributed by atoms with Crippen molar-refractivity contribution in [3.8, 4) is 17.6 Å². The molecule has 1 aliphatic carbocycles. The highest BCUT2D eigenvalue weighted by molar-refractivity contribution is 5.43. The third-order valence-electron chi connectivity index (χ3n) is 5.79. The van der Waals surface area contributed by atoms with E-state index in [-0.39, 0.29) is 0 Å². The van der Waals surface area contributed by atoms with Crippen LogP contribution >= 0.6 is 0 Å². The van der Waals surface area contributed by atoms with E-state index in [2.05, 4.69) is 48.2 Å². The van der Waals surface area contributed by atoms with Crippen LogP contribution in [0.15, 0.2) is 78.9 Å². The summed E-state index contributed by atoms with van der Waals surface area (Å²) in [5.74, 6) is 7.31. The normalized spacial score (nSPS) is 13.9. The van der Waals surface area contributed by atoms with Crippen molar-refractivity contribution in [1.82, 2.24) is 0 Å². The minimum atomic E-state index is 0.351. The van der Waals surface area contributed by atoms with Gasteiger partial charge >= 0.3 is 0 Å². The maximum atomic E-state index is 5.84. The molecule has 0 spiro atoms. The first kappa shape index (κ1) is 21.2. The molecule has 0 radical (unpaired) electrons. The summed E-state index contributed by atoms with van der Waals surface area (Å²) < 4.78 is 11.6. The van der Waals surface area contributed by atoms with Crippen molar-refractivity contribution in [2.45, 2.75) is 51.0 Å². The van der Waals surface area contributed by atoms with Crippen LogP contribution in [0.5, 0.6) is 5.75 Å². The molecular weight excluding hydrogens is 380 g/mol. The van der Waals surface area contributed by atoms with Crippen LogP contribution in [0.2, 0.25) is 0 Å². The molecule has 1 fully saturated rings. The molecule has 0 unspecified atom stereocenters. The van der Waals surface area contributed by atoms with E-state index < -0.39 is 0 Å². The molecule has 158 valence electrons. The number of hydrogen-bond donors (Lipinski definition) is 0. The molecule has 0 amide bonds. The Hall–Kier alpha value is -3.02. The second kappa shape index (κ2) is 11.4. The second-order valence-electron chi connectivity index (χ2n) is 8.15. The lowest BCUT2D eigenvalue weighted by Gasteiger charge is -2.21. The summed E-state index contributed by atoms with van der Waals surface area (Å²) in [5.41, 5.74) is 4.73. The first-order valence-electron chi connectivity index (χ1n) is 11.3. The molecule has 1 aliphatic rings. The van der Waals surface area contributed by atoms with Gasteiger partial charge in [-0.1, -0.05) is 73.6 Å². The quantitative estimate of drug-likeness (QED) is 0.324. The summed E-state index contributed by atoms with van der Waals surface area (Å²) in [7, 11) is 0. The van der Waals surface area contributed by atoms with Crippen LogP contribution in [-0.4, -0.2) is 12.9 Å². The van der Waals surface area contributed by atoms with Crippen LogP contribution in [0.4, 0.5) is 0 Å². The van der Waals surface area contributed by atoms with E-state index in [1.807, 2.05) is 42.5 Å². The van der Waals surface area contributed by atoms with Gasteiger partial charge in [-0.25, -0.2) is 0 Å². The standard InChI is InChI=1S/C29H30O2/c1-3-7-24(8-4-1)11-12-25-13-15-26(16-14-25)17-18-27-19-21-29(22-20-27)31-23-30-28-9-5-2-6-10-28/h1,3-4,7-8,13-16,19-22,28H,2,5-6,9-10,17-18,23H2. The highest BCUT2D eigenvalue weighted by Gasteiger charge is 2.13. The van der Waals surface area contributed by atoms with Crippen LogP contribution in [0.25, 0.3) is 0 Å². The molecule has 4 rings (SSSR count). The molecule has 0 bridgehead atoms. The van der Waals surface area contributed by atoms with Crippen molar-refractivity contribution in [2.75, 3.05) is 6.79 Å². The fraction of sp³-hybridized carbons (Fsp3) is 0.310. The number of rotatable bonds is 7. The Bertz CT molecular complexity index is 973. The summed E-state index contributed by atoms with van der Waals surface area (Å²) in [4.78, 5) is 0. The third kappa shape index (κ3) is 7.02. The largest absolute Gasteiger partial charge is 0.468 e. The molecule has 3 aromatic carbocycles. The van der Waals surface area contributed by atoms with E-state index >= 15 is 0 Å². The smallest absolute Gasteiger partial charge is 0.189 e. The number of benzene rings is 3. The Morgan fingerprint density at radius 1 is 0.645 bits per heavy atom. The van der Waals surface area contributed by atoms with Gasteiger partial charge in [0.05, 0.1) is 6.10 Å². The van der Waals surface area contributed by atoms with E-state index in [1.165, 1.54) is 43.2 Å². The van der Waals surface area contributed by atoms with E-state index in [1.54, 1.807) is 0 Å². The van der Waals surface area contributed by atoms with Gasteiger partial charge in [0, 0.05) is 11.1 Å². The Labute approximate surface area is 186 Å². The zero-order valence-corrected chi connectivity index (χ0v) is 18.1. The third-order valence-corrected chi connectivity index (χ3v) is 5.79. The lowest BCUT2D eigenvalue weighted by molar-refractivity contribution is -0.0496. The van der Waals surface area contributed by atoms with Crippen LogP contribution in [0.1, 0.15) is 54.4 Å². The minimum Gasteiger partial charge on any atom is -0.468 e. The Morgan fingerprint density at radius 3 is 1.87 bits per heavy atom. The molecular formula is C29H30O2. The summed E-state index contributed by atoms with van der Waals surface area (Å²) in [6.07, 6.45) is 8.64. The SMILES string of the molecule is C(#Cc1ccc(CCc2ccc(OCOC3CCCCC3)cc2)cc1)c1ccccc1. The first-order chi connectivity index (χ1) is 15.3. The summed E-state index contributed by atoms with van der Waals surface area (Å²) in [6.45, 7) is 0.351. The van der Waals surface area contributed by atoms with Crippen molar-refractivity contribution in [2.24, 2.45) is 0 Å². The molecule has 2 nitrogen and oxygen atoms in total. The lowest BCUT2D eigenvalue weighted by atomic mass is 9.98. The average Bonchev–Trinajstić information content (AvgIpc) is 2.84. The summed E-state index contributed by atoms with van der Waals surface area (Å²) >= 11 is 0. The van der Waals surface area contributed by atoms with E-state index in [0.29, 0.717) is 12.9 Å². The summed E-state index contributed by atoms with van der Waals surface area (Å²) in [5, 5.41) is 0. The zero-order valence-electron chi connectivity index (χ0n) is 18.1. The molecule has 0 aromatic heterocycles. The predicted molar refractivity (Wildman–Crippen MR) is 126 cm³/mol. The molecule has 0 atom stereocenters. The highest BCUT2D eigenvalue weighted by Crippen LogP contribution is 2.21. The van der Waals surface area contributed by atoms with Crippen LogP contribution in [0, 0.1) is 11.8 Å². The van der Waals surface area contributed by atoms with Gasteiger partial charge in [-0.05, 0) is 73.2 Å². The van der Waals surface area contributed by atoms with Gasteiger partial charge in [0.25, 0.3) is 0 Å². The van der Waals surface area contributed by atoms with E-state index in [4.69, 9.17) is 9.47 Å². The molecule has 1 saturated carbocycles. The monoisotopic (exact) mass is 410 g/mol. The van der Waals surface area contributed by atoms with Gasteiger partial charge in [0.1, 0.15) is 5.75 Å². The number of aryl methyl sites for hydroxylation is 2. The maximum Gasteiger partial charge on any atom is 0.189 e. The molecule has 2 heteroatoms. The van der Waals surface area contributed by atoms with Gasteiger partial charge in [-0.2, -0.15) is 0 Å². The fourth-order valence-corrected chi connectivity index (χ4v) is 3.89. The van der Waals surface area contributed by atoms with E-state index in [0.717, 1.165) is 29.7 Å². The van der Waals surface area contributed by atoms with Crippen molar-refractivity contribution < 1.29 is 9.47 Å². The minimum absolute atomic E-state index is 0.351. The van der Waals surface area contributed by atoms with E-state index in [9.17, 15) is 0 Å². The topological polar surface area (TPSA) is 18.5 Å². The van der Waals surface area contributed by atoms with Gasteiger partial charge in [0.2, 0.25) is 0 Å². The predicted octanol–water partition coefficient (Wildman–Crippen LogP) is 6.56. The molecule has 31 heavy (non-hydrogen) atoms. The zero-order chi connectivity index (χ0) is 21.1. The van der Waals surface area contributed by atoms with Crippen molar-refractivity contribution in [3.63, 3.8) is 0 Å². The second-order valence-corrected chi connectivity index (χ2v) is 8.15. The van der Waals surface area contributed by atoms with Crippen LogP contribution < -0.4 is 4.74 Å². The van der Waals surface area contributed by atoms with Gasteiger partial charge in [-0.3, -0.25) is 0 Å². The van der Waals surface area contributed by atoms with Crippen molar-refractivity contribution >= 4 is 0 Å². The maximum absolute atomic E-state index is 5.84. The Morgan fingerprint density at radius 2 is 1.23 bits per heavy atom. The van der Waals surface area contributed by atoms with Gasteiger partial charge < -0.3 is 9.47 Å². The van der Waals surface area contributed by atoms with Crippen LogP contribution in [-0.2, 0) is 17.6 Å². The molecule has 0 aliphatic heterocycles. The molecule has 0 heterocycles. The van der Waals surface area contributed by atoms with Gasteiger partial charge in [-0.15, -0.1) is 0 Å². The average molecular weight is 411 g/mol. The fourth-order valence-electron chi connectivity index (χ4n) is 3.89. The molecule has 3 aromatic rings. The molecule has 0 saturated heterocycles.